The lowest BCUT2D eigenvalue weighted by Crippen LogP contribution is -2.53. The zero-order chi connectivity index (χ0) is 35.3. The van der Waals surface area contributed by atoms with Crippen LogP contribution in [0.2, 0.25) is 10.0 Å². The standard InChI is InChI=1S/C39H40Cl2N4O6.H2O/c1-48-33-12-11-29(18-35(33)49-24-26-5-6-26)34(19-30-31(40)20-42-21-32(30)41)50-38(46)28-9-7-25(8-10-28)22-45(37-4-2-3-15-43-37)39(47)51-36-23-44-16-13-27(36)14-17-44;/h2-4,7-12,15,18,20-21,26-27,34,36H,5-6,13-14,16-17,19,22-24H2,1H3;1H2/t34-,36+;/m1./s1. The van der Waals surface area contributed by atoms with Crippen molar-refractivity contribution >= 4 is 41.1 Å². The van der Waals surface area contributed by atoms with Gasteiger partial charge in [-0.15, -0.1) is 0 Å². The summed E-state index contributed by atoms with van der Waals surface area (Å²) in [6.45, 7) is 3.68. The quantitative estimate of drug-likeness (QED) is 0.130. The van der Waals surface area contributed by atoms with Crippen LogP contribution in [0.25, 0.3) is 0 Å². The number of hydrogen-bond donors (Lipinski definition) is 0. The Balaban J connectivity index is 0.00000464. The van der Waals surface area contributed by atoms with Gasteiger partial charge in [0.1, 0.15) is 28.1 Å². The van der Waals surface area contributed by atoms with Crippen LogP contribution >= 0.6 is 23.2 Å². The zero-order valence-corrected chi connectivity index (χ0v) is 30.4. The highest BCUT2D eigenvalue weighted by Gasteiger charge is 2.37. The molecule has 5 heterocycles. The Morgan fingerprint density at radius 3 is 2.37 bits per heavy atom. The van der Waals surface area contributed by atoms with Gasteiger partial charge in [-0.1, -0.05) is 47.5 Å². The summed E-state index contributed by atoms with van der Waals surface area (Å²) >= 11 is 13.1. The molecule has 0 unspecified atom stereocenters. The molecule has 4 fully saturated rings. The van der Waals surface area contributed by atoms with Crippen molar-refractivity contribution in [3.63, 3.8) is 0 Å². The number of halogens is 2. The second-order valence-corrected chi connectivity index (χ2v) is 14.2. The van der Waals surface area contributed by atoms with Crippen LogP contribution < -0.4 is 19.4 Å². The first-order valence-corrected chi connectivity index (χ1v) is 18.2. The number of fused-ring (bicyclic) bond motifs is 3. The van der Waals surface area contributed by atoms with Crippen LogP contribution in [-0.2, 0) is 22.4 Å². The lowest BCUT2D eigenvalue weighted by molar-refractivity contribution is -0.377. The van der Waals surface area contributed by atoms with Gasteiger partial charge in [0.2, 0.25) is 0 Å². The van der Waals surface area contributed by atoms with Crippen LogP contribution in [0.4, 0.5) is 10.6 Å². The molecule has 2 bridgehead atoms. The van der Waals surface area contributed by atoms with E-state index in [2.05, 4.69) is 14.9 Å². The average Bonchev–Trinajstić information content (AvgIpc) is 4.00. The molecular weight excluding hydrogens is 707 g/mol. The van der Waals surface area contributed by atoms with Gasteiger partial charge >= 0.3 is 12.1 Å². The SMILES string of the molecule is COc1ccc([C@@H](Cc2c(Cl)c[nH+]cc2Cl)OC(=O)c2ccc(CN(C(=O)O[C@H]3CN4CCC3CC4)c3ccccn3)cc2)cc1OCC1CC1.[OH-]. The fraction of sp³-hybridized carbons (Fsp3) is 0.385. The number of esters is 1. The summed E-state index contributed by atoms with van der Waals surface area (Å²) in [6.07, 6.45) is 8.21. The van der Waals surface area contributed by atoms with E-state index in [0.717, 1.165) is 50.9 Å². The molecule has 3 saturated heterocycles. The number of hydrogen-bond acceptors (Lipinski definition) is 9. The molecule has 1 aliphatic carbocycles. The van der Waals surface area contributed by atoms with Gasteiger partial charge in [0.05, 0.1) is 25.8 Å². The van der Waals surface area contributed by atoms with Crippen molar-refractivity contribution < 1.29 is 39.0 Å². The van der Waals surface area contributed by atoms with E-state index in [0.29, 0.717) is 62.5 Å². The highest BCUT2D eigenvalue weighted by molar-refractivity contribution is 6.35. The summed E-state index contributed by atoms with van der Waals surface area (Å²) in [5.41, 5.74) is 2.49. The van der Waals surface area contributed by atoms with Crippen molar-refractivity contribution in [3.8, 4) is 11.5 Å². The van der Waals surface area contributed by atoms with E-state index in [1.807, 2.05) is 24.3 Å². The van der Waals surface area contributed by atoms with Crippen LogP contribution in [0, 0.1) is 11.8 Å². The Hall–Kier alpha value is -4.42. The minimum atomic E-state index is -0.746. The monoisotopic (exact) mass is 748 g/mol. The van der Waals surface area contributed by atoms with Gasteiger partial charge < -0.3 is 24.4 Å². The van der Waals surface area contributed by atoms with Crippen LogP contribution in [0.1, 0.15) is 58.8 Å². The lowest BCUT2D eigenvalue weighted by Gasteiger charge is -2.44. The molecule has 0 radical (unpaired) electrons. The molecule has 11 nitrogen and oxygen atoms in total. The Kier molecular flexibility index (Phi) is 12.2. The zero-order valence-electron chi connectivity index (χ0n) is 28.9. The van der Waals surface area contributed by atoms with E-state index in [-0.39, 0.29) is 24.5 Å². The normalized spacial score (nSPS) is 19.6. The largest absolute Gasteiger partial charge is 0.870 e. The topological polar surface area (TPSA) is 135 Å². The first-order chi connectivity index (χ1) is 24.8. The van der Waals surface area contributed by atoms with Crippen molar-refractivity contribution in [3.05, 3.63) is 112 Å². The predicted molar refractivity (Wildman–Crippen MR) is 194 cm³/mol. The van der Waals surface area contributed by atoms with Gasteiger partial charge in [-0.3, -0.25) is 9.80 Å². The number of ether oxygens (including phenoxy) is 4. The van der Waals surface area contributed by atoms with Crippen molar-refractivity contribution in [2.45, 2.75) is 50.9 Å². The second kappa shape index (κ2) is 16.9. The fourth-order valence-electron chi connectivity index (χ4n) is 6.70. The van der Waals surface area contributed by atoms with E-state index in [4.69, 9.17) is 42.1 Å². The molecule has 3 aliphatic heterocycles. The number of anilines is 1. The molecule has 13 heteroatoms. The molecule has 274 valence electrons. The van der Waals surface area contributed by atoms with Gasteiger partial charge in [0.25, 0.3) is 0 Å². The van der Waals surface area contributed by atoms with Gasteiger partial charge in [-0.2, -0.15) is 0 Å². The number of aromatic amines is 1. The summed E-state index contributed by atoms with van der Waals surface area (Å²) < 4.78 is 23.9. The Bertz CT molecular complexity index is 1820. The number of methoxy groups -OCH3 is 1. The van der Waals surface area contributed by atoms with Crippen molar-refractivity contribution in [2.24, 2.45) is 11.8 Å². The third kappa shape index (κ3) is 8.95. The second-order valence-electron chi connectivity index (χ2n) is 13.4. The van der Waals surface area contributed by atoms with Gasteiger partial charge in [0.15, 0.2) is 23.9 Å². The molecule has 52 heavy (non-hydrogen) atoms. The number of benzene rings is 2. The average molecular weight is 750 g/mol. The minimum absolute atomic E-state index is 0. The number of nitrogens with one attached hydrogen (secondary N) is 1. The summed E-state index contributed by atoms with van der Waals surface area (Å²) in [5.74, 6) is 2.06. The Morgan fingerprint density at radius 1 is 0.981 bits per heavy atom. The van der Waals surface area contributed by atoms with Crippen molar-refractivity contribution in [1.82, 2.24) is 9.88 Å². The molecule has 2 N–H and O–H groups in total. The lowest BCUT2D eigenvalue weighted by atomic mass is 9.86. The summed E-state index contributed by atoms with van der Waals surface area (Å²) in [4.78, 5) is 38.6. The maximum Gasteiger partial charge on any atom is 0.416 e. The highest BCUT2D eigenvalue weighted by Crippen LogP contribution is 2.37. The predicted octanol–water partition coefficient (Wildman–Crippen LogP) is 7.20. The summed E-state index contributed by atoms with van der Waals surface area (Å²) in [5, 5.41) is 0.854. The first kappa shape index (κ1) is 37.3. The molecule has 1 saturated carbocycles. The highest BCUT2D eigenvalue weighted by atomic mass is 35.5. The maximum atomic E-state index is 13.7. The molecule has 2 aromatic heterocycles. The van der Waals surface area contributed by atoms with Gasteiger partial charge in [-0.05, 0) is 98.1 Å². The van der Waals surface area contributed by atoms with Crippen molar-refractivity contribution in [1.29, 1.82) is 0 Å². The molecule has 8 rings (SSSR count). The number of rotatable bonds is 13. The Morgan fingerprint density at radius 2 is 1.73 bits per heavy atom. The number of carbonyl (C=O) groups is 2. The minimum Gasteiger partial charge on any atom is -0.870 e. The van der Waals surface area contributed by atoms with E-state index in [1.54, 1.807) is 62.1 Å². The van der Waals surface area contributed by atoms with E-state index >= 15 is 0 Å². The number of nitrogens with zero attached hydrogens (tertiary/aromatic N) is 3. The van der Waals surface area contributed by atoms with Crippen LogP contribution in [0.3, 0.4) is 0 Å². The van der Waals surface area contributed by atoms with Gasteiger partial charge in [-0.25, -0.2) is 19.6 Å². The third-order valence-corrected chi connectivity index (χ3v) is 10.6. The molecule has 4 aromatic rings. The first-order valence-electron chi connectivity index (χ1n) is 17.4. The molecule has 2 aromatic carbocycles. The number of amides is 1. The maximum absolute atomic E-state index is 13.7. The van der Waals surface area contributed by atoms with Crippen molar-refractivity contribution in [2.75, 3.05) is 38.3 Å². The van der Waals surface area contributed by atoms with Crippen LogP contribution in [-0.4, -0.2) is 66.9 Å². The molecule has 0 spiro atoms. The Labute approximate surface area is 313 Å². The summed E-state index contributed by atoms with van der Waals surface area (Å²) in [6, 6.07) is 17.9. The van der Waals surface area contributed by atoms with E-state index < -0.39 is 18.2 Å². The molecular formula is C39H42Cl2N4O7. The summed E-state index contributed by atoms with van der Waals surface area (Å²) in [7, 11) is 1.59. The number of carbonyl (C=O) groups excluding carboxylic acids is 2. The van der Waals surface area contributed by atoms with Crippen LogP contribution in [0.5, 0.6) is 11.5 Å². The van der Waals surface area contributed by atoms with Crippen LogP contribution in [0.15, 0.2) is 79.3 Å². The van der Waals surface area contributed by atoms with Gasteiger partial charge in [0, 0.05) is 24.7 Å². The number of H-pyrrole nitrogens is 1. The molecule has 4 aliphatic rings. The smallest absolute Gasteiger partial charge is 0.416 e. The third-order valence-electron chi connectivity index (χ3n) is 9.89. The molecule has 2 atom stereocenters. The number of aromatic nitrogens is 2. The van der Waals surface area contributed by atoms with E-state index in [9.17, 15) is 9.59 Å². The number of piperidine rings is 3. The molecule has 1 amide bonds. The number of pyridine rings is 2. The van der Waals surface area contributed by atoms with E-state index in [1.165, 1.54) is 4.90 Å². The fourth-order valence-corrected chi connectivity index (χ4v) is 7.23.